The van der Waals surface area contributed by atoms with Gasteiger partial charge in [0.05, 0.1) is 0 Å². The molecule has 1 unspecified atom stereocenters. The largest absolute Gasteiger partial charge is 0.378 e. The van der Waals surface area contributed by atoms with Gasteiger partial charge in [-0.2, -0.15) is 0 Å². The van der Waals surface area contributed by atoms with Crippen molar-refractivity contribution in [1.82, 2.24) is 9.88 Å². The molecule has 0 aliphatic carbocycles. The first kappa shape index (κ1) is 9.67. The number of amides is 1. The van der Waals surface area contributed by atoms with Crippen molar-refractivity contribution < 1.29 is 9.90 Å². The second-order valence-corrected chi connectivity index (χ2v) is 2.92. The molecule has 0 saturated carbocycles. The smallest absolute Gasteiger partial charge is 0.255 e. The first-order valence-electron chi connectivity index (χ1n) is 3.92. The van der Waals surface area contributed by atoms with Crippen molar-refractivity contribution in [3.8, 4) is 0 Å². The van der Waals surface area contributed by atoms with Crippen LogP contribution in [0.2, 0.25) is 0 Å². The monoisotopic (exact) mass is 180 g/mol. The van der Waals surface area contributed by atoms with Gasteiger partial charge in [-0.25, -0.2) is 0 Å². The second kappa shape index (κ2) is 4.00. The Morgan fingerprint density at radius 3 is 2.46 bits per heavy atom. The third-order valence-electron chi connectivity index (χ3n) is 1.70. The molecule has 70 valence electrons. The van der Waals surface area contributed by atoms with Gasteiger partial charge in [0.2, 0.25) is 0 Å². The third kappa shape index (κ3) is 2.26. The van der Waals surface area contributed by atoms with Crippen LogP contribution in [-0.2, 0) is 4.79 Å². The maximum atomic E-state index is 11.3. The fraction of sp³-hybridized carbons (Fsp3) is 0.333. The number of carbonyl (C=O) groups excluding carboxylic acids is 1. The molecular weight excluding hydrogens is 168 g/mol. The fourth-order valence-corrected chi connectivity index (χ4v) is 0.933. The summed E-state index contributed by atoms with van der Waals surface area (Å²) in [7, 11) is 3.21. The van der Waals surface area contributed by atoms with Crippen molar-refractivity contribution in [3.63, 3.8) is 0 Å². The Morgan fingerprint density at radius 1 is 1.46 bits per heavy atom. The third-order valence-corrected chi connectivity index (χ3v) is 1.70. The van der Waals surface area contributed by atoms with Crippen LogP contribution in [0.4, 0.5) is 0 Å². The summed E-state index contributed by atoms with van der Waals surface area (Å²) < 4.78 is 0. The zero-order valence-corrected chi connectivity index (χ0v) is 7.64. The summed E-state index contributed by atoms with van der Waals surface area (Å²) in [5.74, 6) is -0.328. The van der Waals surface area contributed by atoms with E-state index in [2.05, 4.69) is 4.98 Å². The molecule has 1 aromatic rings. The van der Waals surface area contributed by atoms with E-state index in [0.29, 0.717) is 5.56 Å². The average Bonchev–Trinajstić information content (AvgIpc) is 2.17. The summed E-state index contributed by atoms with van der Waals surface area (Å²) in [5.41, 5.74) is 0.564. The summed E-state index contributed by atoms with van der Waals surface area (Å²) in [6, 6.07) is 3.23. The van der Waals surface area contributed by atoms with E-state index in [9.17, 15) is 9.90 Å². The van der Waals surface area contributed by atoms with Gasteiger partial charge in [-0.3, -0.25) is 9.78 Å². The zero-order chi connectivity index (χ0) is 9.84. The Balaban J connectivity index is 2.80. The highest BCUT2D eigenvalue weighted by Gasteiger charge is 2.18. The Bertz CT molecular complexity index is 285. The molecule has 0 aromatic carbocycles. The Labute approximate surface area is 76.8 Å². The van der Waals surface area contributed by atoms with Gasteiger partial charge in [0.25, 0.3) is 5.91 Å². The Kier molecular flexibility index (Phi) is 2.97. The molecule has 4 nitrogen and oxygen atoms in total. The lowest BCUT2D eigenvalue weighted by molar-refractivity contribution is -0.137. The van der Waals surface area contributed by atoms with E-state index in [1.807, 2.05) is 0 Å². The van der Waals surface area contributed by atoms with E-state index >= 15 is 0 Å². The van der Waals surface area contributed by atoms with Gasteiger partial charge in [0, 0.05) is 26.5 Å². The number of nitrogens with zero attached hydrogens (tertiary/aromatic N) is 2. The van der Waals surface area contributed by atoms with Crippen molar-refractivity contribution in [2.75, 3.05) is 14.1 Å². The van der Waals surface area contributed by atoms with Crippen LogP contribution in [-0.4, -0.2) is 35.0 Å². The maximum absolute atomic E-state index is 11.3. The number of aliphatic hydroxyl groups is 1. The van der Waals surface area contributed by atoms with E-state index in [0.717, 1.165) is 0 Å². The van der Waals surface area contributed by atoms with Crippen molar-refractivity contribution in [3.05, 3.63) is 30.1 Å². The number of hydrogen-bond donors (Lipinski definition) is 1. The first-order valence-corrected chi connectivity index (χ1v) is 3.92. The summed E-state index contributed by atoms with van der Waals surface area (Å²) in [5, 5.41) is 9.54. The number of rotatable bonds is 2. The van der Waals surface area contributed by atoms with Crippen molar-refractivity contribution >= 4 is 5.91 Å². The molecule has 1 aromatic heterocycles. The van der Waals surface area contributed by atoms with Crippen molar-refractivity contribution in [2.24, 2.45) is 0 Å². The predicted molar refractivity (Wildman–Crippen MR) is 47.9 cm³/mol. The minimum absolute atomic E-state index is 0.328. The van der Waals surface area contributed by atoms with E-state index in [4.69, 9.17) is 0 Å². The molecule has 1 atom stereocenters. The molecule has 1 amide bonds. The number of aromatic nitrogens is 1. The van der Waals surface area contributed by atoms with Crippen LogP contribution in [0.3, 0.4) is 0 Å². The molecule has 0 radical (unpaired) electrons. The van der Waals surface area contributed by atoms with Crippen LogP contribution in [0.15, 0.2) is 24.5 Å². The SMILES string of the molecule is CN(C)C(=O)C(O)c1ccncc1. The van der Waals surface area contributed by atoms with Gasteiger partial charge in [0.1, 0.15) is 0 Å². The van der Waals surface area contributed by atoms with Gasteiger partial charge >= 0.3 is 0 Å². The second-order valence-electron chi connectivity index (χ2n) is 2.92. The molecule has 0 aliphatic heterocycles. The standard InChI is InChI=1S/C9H12N2O2/c1-11(2)9(13)8(12)7-3-5-10-6-4-7/h3-6,8,12H,1-2H3. The molecule has 1 rings (SSSR count). The van der Waals surface area contributed by atoms with Gasteiger partial charge < -0.3 is 10.0 Å². The van der Waals surface area contributed by atoms with E-state index in [1.165, 1.54) is 4.90 Å². The van der Waals surface area contributed by atoms with Crippen LogP contribution in [0.1, 0.15) is 11.7 Å². The van der Waals surface area contributed by atoms with Crippen molar-refractivity contribution in [1.29, 1.82) is 0 Å². The van der Waals surface area contributed by atoms with Crippen LogP contribution in [0, 0.1) is 0 Å². The van der Waals surface area contributed by atoms with Crippen LogP contribution in [0.5, 0.6) is 0 Å². The molecule has 1 N–H and O–H groups in total. The lowest BCUT2D eigenvalue weighted by Crippen LogP contribution is -2.27. The molecule has 1 heterocycles. The predicted octanol–water partition coefficient (Wildman–Crippen LogP) is 0.203. The van der Waals surface area contributed by atoms with Gasteiger partial charge in [-0.15, -0.1) is 0 Å². The summed E-state index contributed by atoms with van der Waals surface area (Å²) in [6.07, 6.45) is 2.00. The highest BCUT2D eigenvalue weighted by Crippen LogP contribution is 2.12. The fourth-order valence-electron chi connectivity index (χ4n) is 0.933. The Morgan fingerprint density at radius 2 is 2.00 bits per heavy atom. The highest BCUT2D eigenvalue weighted by molar-refractivity contribution is 5.81. The molecule has 0 aliphatic rings. The highest BCUT2D eigenvalue weighted by atomic mass is 16.3. The lowest BCUT2D eigenvalue weighted by Gasteiger charge is -2.15. The lowest BCUT2D eigenvalue weighted by atomic mass is 10.1. The topological polar surface area (TPSA) is 53.4 Å². The number of likely N-dealkylation sites (N-methyl/N-ethyl adjacent to an activating group) is 1. The molecule has 0 bridgehead atoms. The first-order chi connectivity index (χ1) is 6.13. The summed E-state index contributed by atoms with van der Waals surface area (Å²) >= 11 is 0. The summed E-state index contributed by atoms with van der Waals surface area (Å²) in [4.78, 5) is 16.4. The normalized spacial score (nSPS) is 12.2. The number of carbonyl (C=O) groups is 1. The molecule has 0 spiro atoms. The van der Waals surface area contributed by atoms with Gasteiger partial charge in [0.15, 0.2) is 6.10 Å². The number of hydrogen-bond acceptors (Lipinski definition) is 3. The molecule has 13 heavy (non-hydrogen) atoms. The minimum atomic E-state index is -1.09. The summed E-state index contributed by atoms with van der Waals surface area (Å²) in [6.45, 7) is 0. The minimum Gasteiger partial charge on any atom is -0.378 e. The van der Waals surface area contributed by atoms with E-state index in [1.54, 1.807) is 38.6 Å². The maximum Gasteiger partial charge on any atom is 0.255 e. The molecule has 4 heteroatoms. The Hall–Kier alpha value is -1.42. The zero-order valence-electron chi connectivity index (χ0n) is 7.64. The van der Waals surface area contributed by atoms with E-state index < -0.39 is 6.10 Å². The number of aliphatic hydroxyl groups excluding tert-OH is 1. The van der Waals surface area contributed by atoms with Gasteiger partial charge in [-0.05, 0) is 17.7 Å². The van der Waals surface area contributed by atoms with E-state index in [-0.39, 0.29) is 5.91 Å². The van der Waals surface area contributed by atoms with Gasteiger partial charge in [-0.1, -0.05) is 0 Å². The van der Waals surface area contributed by atoms with Crippen LogP contribution in [0.25, 0.3) is 0 Å². The van der Waals surface area contributed by atoms with Crippen LogP contribution < -0.4 is 0 Å². The van der Waals surface area contributed by atoms with Crippen LogP contribution >= 0.6 is 0 Å². The molecule has 0 fully saturated rings. The van der Waals surface area contributed by atoms with Crippen molar-refractivity contribution in [2.45, 2.75) is 6.10 Å². The average molecular weight is 180 g/mol. The molecular formula is C9H12N2O2. The number of pyridine rings is 1. The quantitative estimate of drug-likeness (QED) is 0.707. The molecule has 0 saturated heterocycles.